The number of halogens is 2. The standard InChI is InChI=1S/C14H11Cl2NO4/c1-8(18)9-2-5-13(12(16)6-9)21-14-7-10(17(19)20)3-4-11(14)15/h2-8,18H,1H3/t8-/m0/s1. The van der Waals surface area contributed by atoms with Crippen LogP contribution in [0.25, 0.3) is 0 Å². The van der Waals surface area contributed by atoms with E-state index in [-0.39, 0.29) is 21.5 Å². The summed E-state index contributed by atoms with van der Waals surface area (Å²) >= 11 is 12.0. The Morgan fingerprint density at radius 1 is 1.14 bits per heavy atom. The molecule has 5 nitrogen and oxygen atoms in total. The van der Waals surface area contributed by atoms with Crippen LogP contribution in [0.5, 0.6) is 11.5 Å². The molecular weight excluding hydrogens is 317 g/mol. The third kappa shape index (κ3) is 3.64. The van der Waals surface area contributed by atoms with E-state index in [1.165, 1.54) is 18.2 Å². The van der Waals surface area contributed by atoms with Crippen LogP contribution in [-0.4, -0.2) is 10.0 Å². The van der Waals surface area contributed by atoms with Crippen LogP contribution in [0.4, 0.5) is 5.69 Å². The van der Waals surface area contributed by atoms with E-state index in [1.807, 2.05) is 0 Å². The summed E-state index contributed by atoms with van der Waals surface area (Å²) in [6.45, 7) is 1.61. The van der Waals surface area contributed by atoms with Crippen LogP contribution in [-0.2, 0) is 0 Å². The Morgan fingerprint density at radius 3 is 2.43 bits per heavy atom. The summed E-state index contributed by atoms with van der Waals surface area (Å²) < 4.78 is 5.52. The Balaban J connectivity index is 2.34. The van der Waals surface area contributed by atoms with Crippen molar-refractivity contribution in [2.75, 3.05) is 0 Å². The second-order valence-corrected chi connectivity index (χ2v) is 5.15. The van der Waals surface area contributed by atoms with Crippen LogP contribution in [0, 0.1) is 10.1 Å². The third-order valence-electron chi connectivity index (χ3n) is 2.78. The maximum absolute atomic E-state index is 10.8. The molecule has 1 N–H and O–H groups in total. The largest absolute Gasteiger partial charge is 0.454 e. The zero-order valence-corrected chi connectivity index (χ0v) is 12.4. The van der Waals surface area contributed by atoms with Gasteiger partial charge in [0.2, 0.25) is 0 Å². The minimum atomic E-state index is -0.655. The lowest BCUT2D eigenvalue weighted by Crippen LogP contribution is -1.93. The first kappa shape index (κ1) is 15.6. The van der Waals surface area contributed by atoms with Gasteiger partial charge in [0.1, 0.15) is 5.75 Å². The number of aliphatic hydroxyl groups is 1. The van der Waals surface area contributed by atoms with E-state index in [4.69, 9.17) is 27.9 Å². The zero-order valence-electron chi connectivity index (χ0n) is 10.9. The molecule has 0 fully saturated rings. The number of hydrogen-bond acceptors (Lipinski definition) is 4. The summed E-state index contributed by atoms with van der Waals surface area (Å²) in [6.07, 6.45) is -0.655. The van der Waals surface area contributed by atoms with Gasteiger partial charge < -0.3 is 9.84 Å². The van der Waals surface area contributed by atoms with Crippen molar-refractivity contribution in [3.8, 4) is 11.5 Å². The highest BCUT2D eigenvalue weighted by Crippen LogP contribution is 2.36. The third-order valence-corrected chi connectivity index (χ3v) is 3.39. The second-order valence-electron chi connectivity index (χ2n) is 4.34. The van der Waals surface area contributed by atoms with Crippen LogP contribution in [0.3, 0.4) is 0 Å². The molecule has 0 aromatic heterocycles. The Morgan fingerprint density at radius 2 is 1.86 bits per heavy atom. The van der Waals surface area contributed by atoms with Gasteiger partial charge in [0.15, 0.2) is 5.75 Å². The number of nitro groups is 1. The molecule has 0 aliphatic heterocycles. The molecule has 2 rings (SSSR count). The molecule has 2 aromatic rings. The highest BCUT2D eigenvalue weighted by Gasteiger charge is 2.13. The average Bonchev–Trinajstić information content (AvgIpc) is 2.42. The fourth-order valence-electron chi connectivity index (χ4n) is 1.66. The number of non-ortho nitro benzene ring substituents is 1. The minimum absolute atomic E-state index is 0.133. The van der Waals surface area contributed by atoms with Gasteiger partial charge in [-0.1, -0.05) is 29.3 Å². The number of nitro benzene ring substituents is 1. The van der Waals surface area contributed by atoms with Gasteiger partial charge in [-0.3, -0.25) is 10.1 Å². The number of benzene rings is 2. The van der Waals surface area contributed by atoms with Crippen LogP contribution >= 0.6 is 23.2 Å². The first-order valence-electron chi connectivity index (χ1n) is 5.98. The van der Waals surface area contributed by atoms with E-state index in [2.05, 4.69) is 0 Å². The molecule has 0 unspecified atom stereocenters. The monoisotopic (exact) mass is 327 g/mol. The average molecular weight is 328 g/mol. The van der Waals surface area contributed by atoms with Crippen molar-refractivity contribution >= 4 is 28.9 Å². The number of aliphatic hydroxyl groups excluding tert-OH is 1. The van der Waals surface area contributed by atoms with E-state index in [0.717, 1.165) is 0 Å². The molecule has 0 amide bonds. The van der Waals surface area contributed by atoms with E-state index in [1.54, 1.807) is 25.1 Å². The maximum atomic E-state index is 10.8. The summed E-state index contributed by atoms with van der Waals surface area (Å²) in [5.74, 6) is 0.432. The fourth-order valence-corrected chi connectivity index (χ4v) is 2.05. The number of rotatable bonds is 4. The van der Waals surface area contributed by atoms with Crippen molar-refractivity contribution in [2.24, 2.45) is 0 Å². The molecule has 2 aromatic carbocycles. The quantitative estimate of drug-likeness (QED) is 0.649. The maximum Gasteiger partial charge on any atom is 0.273 e. The molecule has 0 heterocycles. The van der Waals surface area contributed by atoms with Gasteiger partial charge in [0.25, 0.3) is 5.69 Å². The topological polar surface area (TPSA) is 72.6 Å². The lowest BCUT2D eigenvalue weighted by atomic mass is 10.1. The molecular formula is C14H11Cl2NO4. The summed E-state index contributed by atoms with van der Waals surface area (Å²) in [4.78, 5) is 10.2. The molecule has 0 aliphatic carbocycles. The smallest absolute Gasteiger partial charge is 0.273 e. The van der Waals surface area contributed by atoms with E-state index >= 15 is 0 Å². The van der Waals surface area contributed by atoms with Gasteiger partial charge in [0, 0.05) is 6.07 Å². The number of hydrogen-bond donors (Lipinski definition) is 1. The van der Waals surface area contributed by atoms with Crippen LogP contribution in [0.2, 0.25) is 10.0 Å². The molecule has 0 bridgehead atoms. The Kier molecular flexibility index (Phi) is 4.67. The second kappa shape index (κ2) is 6.30. The normalized spacial score (nSPS) is 12.0. The summed E-state index contributed by atoms with van der Waals surface area (Å²) in [7, 11) is 0. The van der Waals surface area contributed by atoms with Gasteiger partial charge in [0.05, 0.1) is 27.1 Å². The molecule has 21 heavy (non-hydrogen) atoms. The Hall–Kier alpha value is -1.82. The molecule has 0 aliphatic rings. The molecule has 7 heteroatoms. The van der Waals surface area contributed by atoms with Gasteiger partial charge in [-0.25, -0.2) is 0 Å². The highest BCUT2D eigenvalue weighted by molar-refractivity contribution is 6.33. The number of nitrogens with zero attached hydrogens (tertiary/aromatic N) is 1. The van der Waals surface area contributed by atoms with Gasteiger partial charge in [-0.2, -0.15) is 0 Å². The molecule has 110 valence electrons. The van der Waals surface area contributed by atoms with Crippen LogP contribution in [0.1, 0.15) is 18.6 Å². The van der Waals surface area contributed by atoms with Crippen molar-refractivity contribution in [1.29, 1.82) is 0 Å². The fraction of sp³-hybridized carbons (Fsp3) is 0.143. The zero-order chi connectivity index (χ0) is 15.6. The highest BCUT2D eigenvalue weighted by atomic mass is 35.5. The summed E-state index contributed by atoms with van der Waals surface area (Å²) in [5, 5.41) is 20.7. The van der Waals surface area contributed by atoms with Crippen molar-refractivity contribution in [2.45, 2.75) is 13.0 Å². The SMILES string of the molecule is C[C@H](O)c1ccc(Oc2cc([N+](=O)[O-])ccc2Cl)c(Cl)c1. The van der Waals surface area contributed by atoms with E-state index < -0.39 is 11.0 Å². The summed E-state index contributed by atoms with van der Waals surface area (Å²) in [6, 6.07) is 8.67. The van der Waals surface area contributed by atoms with Gasteiger partial charge in [-0.05, 0) is 30.7 Å². The molecule has 1 atom stereocenters. The first-order chi connectivity index (χ1) is 9.88. The summed E-state index contributed by atoms with van der Waals surface area (Å²) in [5.41, 5.74) is 0.503. The van der Waals surface area contributed by atoms with Crippen LogP contribution < -0.4 is 4.74 Å². The molecule has 0 radical (unpaired) electrons. The predicted octanol–water partition coefficient (Wildman–Crippen LogP) is 4.75. The van der Waals surface area contributed by atoms with Crippen molar-refractivity contribution in [1.82, 2.24) is 0 Å². The van der Waals surface area contributed by atoms with E-state index in [9.17, 15) is 15.2 Å². The Bertz CT molecular complexity index is 689. The van der Waals surface area contributed by atoms with Crippen molar-refractivity contribution in [3.63, 3.8) is 0 Å². The van der Waals surface area contributed by atoms with Crippen molar-refractivity contribution < 1.29 is 14.8 Å². The van der Waals surface area contributed by atoms with Gasteiger partial charge >= 0.3 is 0 Å². The lowest BCUT2D eigenvalue weighted by molar-refractivity contribution is -0.384. The minimum Gasteiger partial charge on any atom is -0.454 e. The predicted molar refractivity (Wildman–Crippen MR) is 80.3 cm³/mol. The lowest BCUT2D eigenvalue weighted by Gasteiger charge is -2.11. The number of ether oxygens (including phenoxy) is 1. The molecule has 0 spiro atoms. The van der Waals surface area contributed by atoms with E-state index in [0.29, 0.717) is 11.3 Å². The molecule has 0 saturated carbocycles. The Labute approximate surface area is 130 Å². The molecule has 0 saturated heterocycles. The first-order valence-corrected chi connectivity index (χ1v) is 6.73. The van der Waals surface area contributed by atoms with Crippen LogP contribution in [0.15, 0.2) is 36.4 Å². The van der Waals surface area contributed by atoms with Crippen molar-refractivity contribution in [3.05, 3.63) is 62.1 Å². The van der Waals surface area contributed by atoms with Gasteiger partial charge in [-0.15, -0.1) is 0 Å².